The number of thiazole rings is 1. The van der Waals surface area contributed by atoms with E-state index in [4.69, 9.17) is 25.8 Å². The number of carbonyl (C=O) groups is 2. The highest BCUT2D eigenvalue weighted by Gasteiger charge is 2.20. The van der Waals surface area contributed by atoms with Crippen molar-refractivity contribution < 1.29 is 23.8 Å². The maximum atomic E-state index is 12.5. The summed E-state index contributed by atoms with van der Waals surface area (Å²) < 4.78 is 15.8. The van der Waals surface area contributed by atoms with Crippen LogP contribution in [-0.4, -0.2) is 31.1 Å². The quantitative estimate of drug-likeness (QED) is 0.406. The third-order valence-electron chi connectivity index (χ3n) is 4.67. The van der Waals surface area contributed by atoms with Gasteiger partial charge in [-0.2, -0.15) is 0 Å². The van der Waals surface area contributed by atoms with Crippen LogP contribution in [0.5, 0.6) is 11.5 Å². The second kappa shape index (κ2) is 10.5. The Balaban J connectivity index is 1.73. The fraction of sp³-hybridized carbons (Fsp3) is 0.261. The molecule has 3 aromatic rings. The summed E-state index contributed by atoms with van der Waals surface area (Å²) in [4.78, 5) is 30.8. The number of ether oxygens (including phenoxy) is 3. The lowest BCUT2D eigenvalue weighted by Crippen LogP contribution is -2.22. The number of anilines is 2. The molecule has 0 fully saturated rings. The molecule has 0 N–H and O–H groups in total. The molecule has 168 valence electrons. The SMILES string of the molecule is CCc1ccc(N(C(C)=O)c2nc(COC(=O)c3cc(Cl)c(OC)c(OC)c3)cs2)cc1. The van der Waals surface area contributed by atoms with E-state index in [2.05, 4.69) is 11.9 Å². The van der Waals surface area contributed by atoms with Crippen LogP contribution in [0.4, 0.5) is 10.8 Å². The lowest BCUT2D eigenvalue weighted by molar-refractivity contribution is -0.115. The van der Waals surface area contributed by atoms with Crippen molar-refractivity contribution in [2.24, 2.45) is 0 Å². The standard InChI is InChI=1S/C23H23ClN2O5S/c1-5-15-6-8-18(9-7-15)26(14(2)27)23-25-17(13-32-23)12-31-22(28)16-10-19(24)21(30-4)20(11-16)29-3/h6-11,13H,5,12H2,1-4H3. The van der Waals surface area contributed by atoms with Crippen LogP contribution in [0.3, 0.4) is 0 Å². The summed E-state index contributed by atoms with van der Waals surface area (Å²) in [7, 11) is 2.92. The number of benzene rings is 2. The molecule has 0 saturated heterocycles. The number of esters is 1. The third-order valence-corrected chi connectivity index (χ3v) is 5.82. The monoisotopic (exact) mass is 474 g/mol. The molecule has 0 aliphatic heterocycles. The highest BCUT2D eigenvalue weighted by atomic mass is 35.5. The van der Waals surface area contributed by atoms with E-state index in [9.17, 15) is 9.59 Å². The van der Waals surface area contributed by atoms with E-state index in [0.717, 1.165) is 12.1 Å². The Kier molecular flexibility index (Phi) is 7.71. The molecule has 0 unspecified atom stereocenters. The summed E-state index contributed by atoms with van der Waals surface area (Å²) in [5, 5.41) is 2.49. The van der Waals surface area contributed by atoms with Crippen molar-refractivity contribution in [3.63, 3.8) is 0 Å². The minimum Gasteiger partial charge on any atom is -0.493 e. The summed E-state index contributed by atoms with van der Waals surface area (Å²) in [6.07, 6.45) is 0.915. The van der Waals surface area contributed by atoms with Crippen molar-refractivity contribution in [3.05, 3.63) is 63.6 Å². The van der Waals surface area contributed by atoms with Crippen LogP contribution in [0, 0.1) is 0 Å². The molecule has 7 nitrogen and oxygen atoms in total. The van der Waals surface area contributed by atoms with E-state index in [1.165, 1.54) is 55.1 Å². The molecule has 0 bridgehead atoms. The first-order valence-corrected chi connectivity index (χ1v) is 11.1. The Morgan fingerprint density at radius 3 is 2.44 bits per heavy atom. The van der Waals surface area contributed by atoms with Gasteiger partial charge in [-0.25, -0.2) is 9.78 Å². The van der Waals surface area contributed by atoms with Gasteiger partial charge < -0.3 is 14.2 Å². The van der Waals surface area contributed by atoms with Crippen molar-refractivity contribution in [3.8, 4) is 11.5 Å². The molecule has 0 saturated carbocycles. The number of hydrogen-bond donors (Lipinski definition) is 0. The van der Waals surface area contributed by atoms with Crippen LogP contribution in [0.1, 0.15) is 35.5 Å². The normalized spacial score (nSPS) is 10.5. The minimum atomic E-state index is -0.582. The Hall–Kier alpha value is -3.10. The highest BCUT2D eigenvalue weighted by molar-refractivity contribution is 7.14. The molecule has 32 heavy (non-hydrogen) atoms. The van der Waals surface area contributed by atoms with Gasteiger partial charge in [0.15, 0.2) is 16.6 Å². The number of rotatable bonds is 8. The molecule has 0 aliphatic rings. The van der Waals surface area contributed by atoms with Gasteiger partial charge in [0, 0.05) is 12.3 Å². The van der Waals surface area contributed by atoms with Crippen molar-refractivity contribution in [2.45, 2.75) is 26.9 Å². The largest absolute Gasteiger partial charge is 0.493 e. The van der Waals surface area contributed by atoms with Crippen molar-refractivity contribution in [1.29, 1.82) is 0 Å². The van der Waals surface area contributed by atoms with Gasteiger partial charge in [0.1, 0.15) is 6.61 Å². The predicted molar refractivity (Wildman–Crippen MR) is 124 cm³/mol. The van der Waals surface area contributed by atoms with Gasteiger partial charge in [-0.15, -0.1) is 11.3 Å². The zero-order chi connectivity index (χ0) is 23.3. The van der Waals surface area contributed by atoms with Crippen LogP contribution in [-0.2, 0) is 22.6 Å². The van der Waals surface area contributed by atoms with E-state index < -0.39 is 5.97 Å². The van der Waals surface area contributed by atoms with Crippen molar-refractivity contribution >= 4 is 45.6 Å². The van der Waals surface area contributed by atoms with E-state index in [1.54, 1.807) is 5.38 Å². The number of carbonyl (C=O) groups excluding carboxylic acids is 2. The number of halogens is 1. The van der Waals surface area contributed by atoms with Crippen LogP contribution < -0.4 is 14.4 Å². The molecule has 1 amide bonds. The molecule has 1 heterocycles. The zero-order valence-corrected chi connectivity index (χ0v) is 19.7. The Morgan fingerprint density at radius 1 is 1.12 bits per heavy atom. The van der Waals surface area contributed by atoms with Gasteiger partial charge in [-0.05, 0) is 36.2 Å². The number of amides is 1. The Labute approximate surface area is 195 Å². The number of nitrogens with zero attached hydrogens (tertiary/aromatic N) is 2. The van der Waals surface area contributed by atoms with Crippen molar-refractivity contribution in [1.82, 2.24) is 4.98 Å². The topological polar surface area (TPSA) is 78.0 Å². The summed E-state index contributed by atoms with van der Waals surface area (Å²) in [6.45, 7) is 3.50. The van der Waals surface area contributed by atoms with E-state index in [0.29, 0.717) is 22.3 Å². The molecule has 0 aliphatic carbocycles. The fourth-order valence-corrected chi connectivity index (χ4v) is 4.19. The number of hydrogen-bond acceptors (Lipinski definition) is 7. The fourth-order valence-electron chi connectivity index (χ4n) is 3.03. The summed E-state index contributed by atoms with van der Waals surface area (Å²) in [5.74, 6) is -0.0756. The molecule has 0 atom stereocenters. The molecule has 0 spiro atoms. The predicted octanol–water partition coefficient (Wildman–Crippen LogP) is 5.42. The number of methoxy groups -OCH3 is 2. The Morgan fingerprint density at radius 2 is 1.84 bits per heavy atom. The van der Waals surface area contributed by atoms with Crippen LogP contribution >= 0.6 is 22.9 Å². The highest BCUT2D eigenvalue weighted by Crippen LogP contribution is 2.36. The first-order valence-electron chi connectivity index (χ1n) is 9.80. The Bertz CT molecular complexity index is 1110. The lowest BCUT2D eigenvalue weighted by atomic mass is 10.1. The molecular formula is C23H23ClN2O5S. The van der Waals surface area contributed by atoms with Crippen LogP contribution in [0.25, 0.3) is 0 Å². The first kappa shape index (κ1) is 23.6. The first-order chi connectivity index (χ1) is 15.4. The van der Waals surface area contributed by atoms with E-state index in [-0.39, 0.29) is 23.1 Å². The van der Waals surface area contributed by atoms with Crippen LogP contribution in [0.2, 0.25) is 5.02 Å². The van der Waals surface area contributed by atoms with Gasteiger partial charge in [0.2, 0.25) is 5.91 Å². The second-order valence-electron chi connectivity index (χ2n) is 6.77. The maximum Gasteiger partial charge on any atom is 0.338 e. The molecular weight excluding hydrogens is 452 g/mol. The van der Waals surface area contributed by atoms with Gasteiger partial charge in [-0.1, -0.05) is 30.7 Å². The number of aromatic nitrogens is 1. The molecule has 9 heteroatoms. The van der Waals surface area contributed by atoms with Gasteiger partial charge in [0.05, 0.1) is 36.2 Å². The van der Waals surface area contributed by atoms with Gasteiger partial charge >= 0.3 is 5.97 Å². The van der Waals surface area contributed by atoms with Crippen LogP contribution in [0.15, 0.2) is 41.8 Å². The van der Waals surface area contributed by atoms with Gasteiger partial charge in [0.25, 0.3) is 0 Å². The minimum absolute atomic E-state index is 0.0538. The second-order valence-corrected chi connectivity index (χ2v) is 8.01. The molecule has 1 aromatic heterocycles. The third kappa shape index (κ3) is 5.20. The van der Waals surface area contributed by atoms with Crippen molar-refractivity contribution in [2.75, 3.05) is 19.1 Å². The molecule has 3 rings (SSSR count). The summed E-state index contributed by atoms with van der Waals surface area (Å²) in [5.41, 5.74) is 2.66. The molecule has 2 aromatic carbocycles. The average Bonchev–Trinajstić information content (AvgIpc) is 3.25. The summed E-state index contributed by atoms with van der Waals surface area (Å²) >= 11 is 7.46. The maximum absolute atomic E-state index is 12.5. The smallest absolute Gasteiger partial charge is 0.338 e. The average molecular weight is 475 g/mol. The van der Waals surface area contributed by atoms with E-state index >= 15 is 0 Å². The lowest BCUT2D eigenvalue weighted by Gasteiger charge is -2.18. The zero-order valence-electron chi connectivity index (χ0n) is 18.2. The summed E-state index contributed by atoms with van der Waals surface area (Å²) in [6, 6.07) is 10.7. The molecule has 0 radical (unpaired) electrons. The van der Waals surface area contributed by atoms with Gasteiger partial charge in [-0.3, -0.25) is 9.69 Å². The van der Waals surface area contributed by atoms with E-state index in [1.807, 2.05) is 24.3 Å². The number of aryl methyl sites for hydroxylation is 1.